The molecule has 1 heterocycles. The van der Waals surface area contributed by atoms with Gasteiger partial charge in [-0.15, -0.1) is 0 Å². The summed E-state index contributed by atoms with van der Waals surface area (Å²) < 4.78 is 2.03. The monoisotopic (exact) mass is 283 g/mol. The first kappa shape index (κ1) is 13.4. The number of aryl methyl sites for hydroxylation is 1. The Balaban J connectivity index is 1.78. The van der Waals surface area contributed by atoms with Gasteiger partial charge in [-0.1, -0.05) is 29.3 Å². The van der Waals surface area contributed by atoms with E-state index in [1.165, 1.54) is 0 Å². The van der Waals surface area contributed by atoms with Crippen molar-refractivity contribution >= 4 is 23.2 Å². The smallest absolute Gasteiger partial charge is 0.109 e. The first-order valence-corrected chi connectivity index (χ1v) is 6.53. The van der Waals surface area contributed by atoms with Gasteiger partial charge in [-0.3, -0.25) is 0 Å². The maximum absolute atomic E-state index is 5.96. The highest BCUT2D eigenvalue weighted by Gasteiger charge is 2.01. The third-order valence-corrected chi connectivity index (χ3v) is 3.50. The first-order valence-electron chi connectivity index (χ1n) is 5.77. The van der Waals surface area contributed by atoms with E-state index in [0.29, 0.717) is 10.0 Å². The molecule has 0 bridgehead atoms. The maximum atomic E-state index is 5.96. The van der Waals surface area contributed by atoms with Crippen LogP contribution in [0.25, 0.3) is 0 Å². The molecule has 1 N–H and O–H groups in total. The summed E-state index contributed by atoms with van der Waals surface area (Å²) in [5.74, 6) is 1.08. The van der Waals surface area contributed by atoms with Crippen LogP contribution in [0, 0.1) is 0 Å². The van der Waals surface area contributed by atoms with Gasteiger partial charge in [0.15, 0.2) is 0 Å². The van der Waals surface area contributed by atoms with E-state index in [9.17, 15) is 0 Å². The lowest BCUT2D eigenvalue weighted by atomic mass is 10.2. The molecular weight excluding hydrogens is 269 g/mol. The van der Waals surface area contributed by atoms with E-state index >= 15 is 0 Å². The van der Waals surface area contributed by atoms with Crippen LogP contribution in [-0.2, 0) is 20.0 Å². The highest BCUT2D eigenvalue weighted by atomic mass is 35.5. The summed E-state index contributed by atoms with van der Waals surface area (Å²) in [6, 6.07) is 5.68. The van der Waals surface area contributed by atoms with Gasteiger partial charge in [0.1, 0.15) is 5.82 Å². The molecule has 0 spiro atoms. The standard InChI is InChI=1S/C13H15Cl2N3/c1-18-7-6-17-13(18)4-5-16-9-10-2-3-11(14)12(15)8-10/h2-3,6-8,16H,4-5,9H2,1H3. The summed E-state index contributed by atoms with van der Waals surface area (Å²) in [5.41, 5.74) is 1.13. The summed E-state index contributed by atoms with van der Waals surface area (Å²) in [4.78, 5) is 4.27. The lowest BCUT2D eigenvalue weighted by Gasteiger charge is -2.06. The number of rotatable bonds is 5. The molecule has 0 radical (unpaired) electrons. The fourth-order valence-corrected chi connectivity index (χ4v) is 2.04. The van der Waals surface area contributed by atoms with Gasteiger partial charge in [0.25, 0.3) is 0 Å². The Morgan fingerprint density at radius 2 is 2.11 bits per heavy atom. The maximum Gasteiger partial charge on any atom is 0.109 e. The van der Waals surface area contributed by atoms with E-state index in [2.05, 4.69) is 10.3 Å². The molecule has 0 unspecified atom stereocenters. The molecule has 96 valence electrons. The molecule has 0 aliphatic rings. The highest BCUT2D eigenvalue weighted by molar-refractivity contribution is 6.42. The topological polar surface area (TPSA) is 29.9 Å². The average Bonchev–Trinajstić information content (AvgIpc) is 2.75. The van der Waals surface area contributed by atoms with Crippen molar-refractivity contribution in [3.63, 3.8) is 0 Å². The van der Waals surface area contributed by atoms with Gasteiger partial charge >= 0.3 is 0 Å². The van der Waals surface area contributed by atoms with Crippen molar-refractivity contribution < 1.29 is 0 Å². The Kier molecular flexibility index (Phi) is 4.64. The van der Waals surface area contributed by atoms with Gasteiger partial charge in [-0.25, -0.2) is 4.98 Å². The number of aromatic nitrogens is 2. The van der Waals surface area contributed by atoms with Crippen LogP contribution in [0.4, 0.5) is 0 Å². The van der Waals surface area contributed by atoms with Gasteiger partial charge in [-0.2, -0.15) is 0 Å². The predicted octanol–water partition coefficient (Wildman–Crippen LogP) is 3.06. The molecule has 0 saturated carbocycles. The second kappa shape index (κ2) is 6.23. The van der Waals surface area contributed by atoms with Crippen LogP contribution in [0.3, 0.4) is 0 Å². The van der Waals surface area contributed by atoms with Crippen LogP contribution in [-0.4, -0.2) is 16.1 Å². The zero-order valence-electron chi connectivity index (χ0n) is 10.2. The number of hydrogen-bond donors (Lipinski definition) is 1. The molecule has 0 saturated heterocycles. The minimum Gasteiger partial charge on any atom is -0.338 e. The van der Waals surface area contributed by atoms with Crippen LogP contribution < -0.4 is 5.32 Å². The second-order valence-electron chi connectivity index (χ2n) is 4.13. The lowest BCUT2D eigenvalue weighted by Crippen LogP contribution is -2.18. The summed E-state index contributed by atoms with van der Waals surface area (Å²) in [6.45, 7) is 1.66. The Morgan fingerprint density at radius 3 is 2.78 bits per heavy atom. The Labute approximate surface area is 117 Å². The summed E-state index contributed by atoms with van der Waals surface area (Å²) in [6.07, 6.45) is 4.67. The fourth-order valence-electron chi connectivity index (χ4n) is 1.72. The molecule has 0 aliphatic heterocycles. The van der Waals surface area contributed by atoms with Crippen molar-refractivity contribution in [2.24, 2.45) is 7.05 Å². The molecule has 2 rings (SSSR count). The Hall–Kier alpha value is -1.03. The largest absolute Gasteiger partial charge is 0.338 e. The van der Waals surface area contributed by atoms with Crippen molar-refractivity contribution in [3.8, 4) is 0 Å². The molecule has 2 aromatic rings. The Morgan fingerprint density at radius 1 is 1.28 bits per heavy atom. The molecule has 0 atom stereocenters. The minimum absolute atomic E-state index is 0.591. The number of nitrogens with one attached hydrogen (secondary N) is 1. The number of hydrogen-bond acceptors (Lipinski definition) is 2. The lowest BCUT2D eigenvalue weighted by molar-refractivity contribution is 0.655. The van der Waals surface area contributed by atoms with Gasteiger partial charge in [0.05, 0.1) is 10.0 Å². The number of benzene rings is 1. The summed E-state index contributed by atoms with van der Waals surface area (Å²) >= 11 is 11.8. The SMILES string of the molecule is Cn1ccnc1CCNCc1ccc(Cl)c(Cl)c1. The van der Waals surface area contributed by atoms with Crippen molar-refractivity contribution in [3.05, 3.63) is 52.0 Å². The van der Waals surface area contributed by atoms with Crippen LogP contribution in [0.1, 0.15) is 11.4 Å². The van der Waals surface area contributed by atoms with Crippen molar-refractivity contribution in [1.82, 2.24) is 14.9 Å². The quantitative estimate of drug-likeness (QED) is 0.855. The summed E-state index contributed by atoms with van der Waals surface area (Å²) in [7, 11) is 2.00. The van der Waals surface area contributed by atoms with Crippen molar-refractivity contribution in [1.29, 1.82) is 0 Å². The second-order valence-corrected chi connectivity index (χ2v) is 4.94. The molecule has 0 amide bonds. The van der Waals surface area contributed by atoms with Crippen LogP contribution in [0.2, 0.25) is 10.0 Å². The zero-order chi connectivity index (χ0) is 13.0. The van der Waals surface area contributed by atoms with Crippen LogP contribution >= 0.6 is 23.2 Å². The minimum atomic E-state index is 0.591. The van der Waals surface area contributed by atoms with Gasteiger partial charge < -0.3 is 9.88 Å². The van der Waals surface area contributed by atoms with Crippen molar-refractivity contribution in [2.45, 2.75) is 13.0 Å². The third kappa shape index (κ3) is 3.48. The number of nitrogens with zero attached hydrogens (tertiary/aromatic N) is 2. The van der Waals surface area contributed by atoms with Gasteiger partial charge in [-0.05, 0) is 17.7 Å². The molecule has 0 aliphatic carbocycles. The van der Waals surface area contributed by atoms with E-state index in [4.69, 9.17) is 23.2 Å². The normalized spacial score (nSPS) is 10.8. The summed E-state index contributed by atoms with van der Waals surface area (Å²) in [5, 5.41) is 4.55. The number of halogens is 2. The van der Waals surface area contributed by atoms with E-state index in [0.717, 1.165) is 30.9 Å². The molecule has 3 nitrogen and oxygen atoms in total. The van der Waals surface area contributed by atoms with Gasteiger partial charge in [0, 0.05) is 39.0 Å². The van der Waals surface area contributed by atoms with E-state index in [1.54, 1.807) is 0 Å². The molecule has 18 heavy (non-hydrogen) atoms. The van der Waals surface area contributed by atoms with Crippen molar-refractivity contribution in [2.75, 3.05) is 6.54 Å². The van der Waals surface area contributed by atoms with Gasteiger partial charge in [0.2, 0.25) is 0 Å². The third-order valence-electron chi connectivity index (χ3n) is 2.76. The van der Waals surface area contributed by atoms with E-state index < -0.39 is 0 Å². The molecule has 0 fully saturated rings. The average molecular weight is 284 g/mol. The first-order chi connectivity index (χ1) is 8.66. The van der Waals surface area contributed by atoms with Crippen LogP contribution in [0.5, 0.6) is 0 Å². The molecule has 1 aromatic carbocycles. The van der Waals surface area contributed by atoms with E-state index in [1.807, 2.05) is 42.2 Å². The van der Waals surface area contributed by atoms with E-state index in [-0.39, 0.29) is 0 Å². The zero-order valence-corrected chi connectivity index (χ0v) is 11.7. The highest BCUT2D eigenvalue weighted by Crippen LogP contribution is 2.22. The predicted molar refractivity (Wildman–Crippen MR) is 75.1 cm³/mol. The molecule has 5 heteroatoms. The molecule has 1 aromatic heterocycles. The number of imidazole rings is 1. The van der Waals surface area contributed by atoms with Crippen LogP contribution in [0.15, 0.2) is 30.6 Å². The molecular formula is C13H15Cl2N3. The fraction of sp³-hybridized carbons (Fsp3) is 0.308. The Bertz CT molecular complexity index is 523.